The van der Waals surface area contributed by atoms with Crippen LogP contribution in [0.4, 0.5) is 11.6 Å². The largest absolute Gasteiger partial charge is 0.382 e. The summed E-state index contributed by atoms with van der Waals surface area (Å²) in [6.07, 6.45) is 0.934. The van der Waals surface area contributed by atoms with E-state index in [1.165, 1.54) is 4.68 Å². The highest BCUT2D eigenvalue weighted by Gasteiger charge is 2.17. The summed E-state index contributed by atoms with van der Waals surface area (Å²) < 4.78 is 1.48. The Bertz CT molecular complexity index is 626. The van der Waals surface area contributed by atoms with Crippen molar-refractivity contribution < 1.29 is 0 Å². The van der Waals surface area contributed by atoms with Crippen molar-refractivity contribution in [1.29, 1.82) is 5.26 Å². The highest BCUT2D eigenvalue weighted by molar-refractivity contribution is 6.32. The first-order valence-corrected chi connectivity index (χ1v) is 6.34. The number of hydrogen-bond acceptors (Lipinski definition) is 4. The van der Waals surface area contributed by atoms with Gasteiger partial charge in [0.15, 0.2) is 5.82 Å². The molecule has 19 heavy (non-hydrogen) atoms. The fourth-order valence-corrected chi connectivity index (χ4v) is 1.93. The minimum Gasteiger partial charge on any atom is -0.382 e. The Balaban J connectivity index is 2.51. The first kappa shape index (κ1) is 13.2. The van der Waals surface area contributed by atoms with Gasteiger partial charge < -0.3 is 11.1 Å². The van der Waals surface area contributed by atoms with Crippen LogP contribution in [0.5, 0.6) is 0 Å². The average Bonchev–Trinajstić information content (AvgIpc) is 2.73. The van der Waals surface area contributed by atoms with E-state index in [0.29, 0.717) is 22.1 Å². The molecule has 5 nitrogen and oxygen atoms in total. The number of aromatic nitrogens is 2. The van der Waals surface area contributed by atoms with Gasteiger partial charge in [-0.15, -0.1) is 5.10 Å². The molecule has 0 amide bonds. The zero-order valence-electron chi connectivity index (χ0n) is 10.5. The lowest BCUT2D eigenvalue weighted by Crippen LogP contribution is -2.04. The number of nitrogens with one attached hydrogen (secondary N) is 1. The molecule has 1 aromatic carbocycles. The van der Waals surface area contributed by atoms with Crippen LogP contribution in [0.1, 0.15) is 18.9 Å². The van der Waals surface area contributed by atoms with Crippen LogP contribution in [0.2, 0.25) is 5.02 Å². The summed E-state index contributed by atoms with van der Waals surface area (Å²) in [5.74, 6) is 0.774. The third kappa shape index (κ3) is 2.49. The van der Waals surface area contributed by atoms with Gasteiger partial charge in [0.05, 0.1) is 10.7 Å². The molecular weight excluding hydrogens is 262 g/mol. The van der Waals surface area contributed by atoms with Crippen molar-refractivity contribution in [3.63, 3.8) is 0 Å². The standard InChI is InChI=1S/C13H14ClN5/c1-2-7-17-13-9(8-15)12(16)19(18-13)11-6-4-3-5-10(11)14/h3-6H,2,7,16H2,1H3,(H,17,18). The molecule has 0 aliphatic rings. The van der Waals surface area contributed by atoms with Gasteiger partial charge in [-0.1, -0.05) is 30.7 Å². The van der Waals surface area contributed by atoms with Crippen LogP contribution < -0.4 is 11.1 Å². The fourth-order valence-electron chi connectivity index (χ4n) is 1.72. The van der Waals surface area contributed by atoms with E-state index in [-0.39, 0.29) is 5.82 Å². The highest BCUT2D eigenvalue weighted by Crippen LogP contribution is 2.27. The van der Waals surface area contributed by atoms with Crippen LogP contribution in [0, 0.1) is 11.3 Å². The van der Waals surface area contributed by atoms with Crippen LogP contribution in [0.25, 0.3) is 5.69 Å². The Hall–Kier alpha value is -2.19. The number of nitrogens with two attached hydrogens (primary N) is 1. The number of anilines is 2. The van der Waals surface area contributed by atoms with Crippen molar-refractivity contribution in [3.05, 3.63) is 34.9 Å². The zero-order valence-corrected chi connectivity index (χ0v) is 11.3. The van der Waals surface area contributed by atoms with E-state index in [2.05, 4.69) is 16.5 Å². The normalized spacial score (nSPS) is 10.2. The van der Waals surface area contributed by atoms with Gasteiger partial charge in [0.1, 0.15) is 17.5 Å². The van der Waals surface area contributed by atoms with Gasteiger partial charge in [-0.25, -0.2) is 4.68 Å². The number of nitrogens with zero attached hydrogens (tertiary/aromatic N) is 3. The SMILES string of the molecule is CCCNc1nn(-c2ccccc2Cl)c(N)c1C#N. The van der Waals surface area contributed by atoms with E-state index in [1.54, 1.807) is 12.1 Å². The zero-order chi connectivity index (χ0) is 13.8. The molecule has 0 saturated carbocycles. The summed E-state index contributed by atoms with van der Waals surface area (Å²) in [5, 5.41) is 17.1. The monoisotopic (exact) mass is 275 g/mol. The van der Waals surface area contributed by atoms with Crippen molar-refractivity contribution in [3.8, 4) is 11.8 Å². The summed E-state index contributed by atoms with van der Waals surface area (Å²) >= 11 is 6.12. The lowest BCUT2D eigenvalue weighted by molar-refractivity contribution is 0.880. The molecule has 3 N–H and O–H groups in total. The van der Waals surface area contributed by atoms with E-state index < -0.39 is 0 Å². The summed E-state index contributed by atoms with van der Waals surface area (Å²) in [6, 6.07) is 9.29. The van der Waals surface area contributed by atoms with Gasteiger partial charge in [-0.05, 0) is 18.6 Å². The lowest BCUT2D eigenvalue weighted by Gasteiger charge is -2.05. The van der Waals surface area contributed by atoms with Crippen LogP contribution in [0.3, 0.4) is 0 Å². The Labute approximate surface area is 116 Å². The summed E-state index contributed by atoms with van der Waals surface area (Å²) in [4.78, 5) is 0. The number of nitrogen functional groups attached to an aromatic ring is 1. The Morgan fingerprint density at radius 2 is 2.21 bits per heavy atom. The molecule has 6 heteroatoms. The van der Waals surface area contributed by atoms with E-state index in [0.717, 1.165) is 13.0 Å². The number of rotatable bonds is 4. The number of para-hydroxylation sites is 1. The molecule has 0 aliphatic heterocycles. The second-order valence-electron chi connectivity index (χ2n) is 4.01. The quantitative estimate of drug-likeness (QED) is 0.899. The number of nitriles is 1. The van der Waals surface area contributed by atoms with Crippen molar-refractivity contribution in [2.24, 2.45) is 0 Å². The Morgan fingerprint density at radius 3 is 2.84 bits per heavy atom. The highest BCUT2D eigenvalue weighted by atomic mass is 35.5. The second kappa shape index (κ2) is 5.63. The predicted octanol–water partition coefficient (Wildman–Crippen LogP) is 2.80. The average molecular weight is 276 g/mol. The van der Waals surface area contributed by atoms with Gasteiger partial charge in [0, 0.05) is 6.54 Å². The maximum atomic E-state index is 9.17. The van der Waals surface area contributed by atoms with E-state index in [1.807, 2.05) is 19.1 Å². The first-order chi connectivity index (χ1) is 9.19. The molecule has 0 spiro atoms. The van der Waals surface area contributed by atoms with Gasteiger partial charge in [-0.3, -0.25) is 0 Å². The molecule has 0 unspecified atom stereocenters. The molecule has 0 bridgehead atoms. The minimum atomic E-state index is 0.286. The molecule has 0 fully saturated rings. The number of hydrogen-bond donors (Lipinski definition) is 2. The maximum absolute atomic E-state index is 9.17. The molecule has 0 saturated heterocycles. The Morgan fingerprint density at radius 1 is 1.47 bits per heavy atom. The summed E-state index contributed by atoms with van der Waals surface area (Å²) in [6.45, 7) is 2.76. The molecule has 2 aromatic rings. The van der Waals surface area contributed by atoms with Gasteiger partial charge in [-0.2, -0.15) is 5.26 Å². The van der Waals surface area contributed by atoms with Crippen LogP contribution in [-0.4, -0.2) is 16.3 Å². The molecule has 2 rings (SSSR count). The topological polar surface area (TPSA) is 79.7 Å². The van der Waals surface area contributed by atoms with Gasteiger partial charge in [0.2, 0.25) is 0 Å². The molecule has 0 radical (unpaired) electrons. The van der Waals surface area contributed by atoms with Gasteiger partial charge >= 0.3 is 0 Å². The molecular formula is C13H14ClN5. The molecule has 0 atom stereocenters. The number of halogens is 1. The third-order valence-corrected chi connectivity index (χ3v) is 2.98. The van der Waals surface area contributed by atoms with E-state index in [9.17, 15) is 5.26 Å². The van der Waals surface area contributed by atoms with Crippen LogP contribution >= 0.6 is 11.6 Å². The second-order valence-corrected chi connectivity index (χ2v) is 4.42. The van der Waals surface area contributed by atoms with Crippen molar-refractivity contribution >= 4 is 23.2 Å². The molecule has 98 valence electrons. The van der Waals surface area contributed by atoms with Crippen LogP contribution in [0.15, 0.2) is 24.3 Å². The van der Waals surface area contributed by atoms with Crippen molar-refractivity contribution in [2.75, 3.05) is 17.6 Å². The maximum Gasteiger partial charge on any atom is 0.168 e. The van der Waals surface area contributed by atoms with Crippen molar-refractivity contribution in [2.45, 2.75) is 13.3 Å². The van der Waals surface area contributed by atoms with Crippen molar-refractivity contribution in [1.82, 2.24) is 9.78 Å². The Kier molecular flexibility index (Phi) is 3.93. The summed E-state index contributed by atoms with van der Waals surface area (Å²) in [5.41, 5.74) is 6.96. The lowest BCUT2D eigenvalue weighted by atomic mass is 10.3. The fraction of sp³-hybridized carbons (Fsp3) is 0.231. The van der Waals surface area contributed by atoms with Gasteiger partial charge in [0.25, 0.3) is 0 Å². The molecule has 1 heterocycles. The smallest absolute Gasteiger partial charge is 0.168 e. The molecule has 0 aliphatic carbocycles. The van der Waals surface area contributed by atoms with E-state index >= 15 is 0 Å². The predicted molar refractivity (Wildman–Crippen MR) is 76.5 cm³/mol. The van der Waals surface area contributed by atoms with E-state index in [4.69, 9.17) is 17.3 Å². The summed E-state index contributed by atoms with van der Waals surface area (Å²) in [7, 11) is 0. The van der Waals surface area contributed by atoms with Crippen LogP contribution in [-0.2, 0) is 0 Å². The number of benzene rings is 1. The minimum absolute atomic E-state index is 0.286. The first-order valence-electron chi connectivity index (χ1n) is 5.96. The third-order valence-electron chi connectivity index (χ3n) is 2.66. The molecule has 1 aromatic heterocycles.